The summed E-state index contributed by atoms with van der Waals surface area (Å²) in [4.78, 5) is 11.3. The predicted molar refractivity (Wildman–Crippen MR) is 70.1 cm³/mol. The highest BCUT2D eigenvalue weighted by atomic mass is 79.9. The molecule has 0 unspecified atom stereocenters. The van der Waals surface area contributed by atoms with Gasteiger partial charge in [0.15, 0.2) is 0 Å². The Morgan fingerprint density at radius 2 is 2.29 bits per heavy atom. The molecule has 17 heavy (non-hydrogen) atoms. The summed E-state index contributed by atoms with van der Waals surface area (Å²) in [6, 6.07) is 3.02. The monoisotopic (exact) mass is 302 g/mol. The van der Waals surface area contributed by atoms with Gasteiger partial charge in [0.2, 0.25) is 0 Å². The van der Waals surface area contributed by atoms with E-state index in [1.807, 2.05) is 6.92 Å². The molecule has 94 valence electrons. The smallest absolute Gasteiger partial charge is 0.337 e. The van der Waals surface area contributed by atoms with E-state index < -0.39 is 5.97 Å². The fraction of sp³-hybridized carbons (Fsp3) is 0.364. The highest BCUT2D eigenvalue weighted by Crippen LogP contribution is 2.31. The van der Waals surface area contributed by atoms with Crippen LogP contribution in [0.3, 0.4) is 0 Å². The number of aliphatic hydroxyl groups is 1. The number of nitrogens with two attached hydrogens (primary N) is 1. The molecular weight excluding hydrogens is 288 g/mol. The molecule has 6 heteroatoms. The number of hydrogen-bond acceptors (Lipinski definition) is 5. The van der Waals surface area contributed by atoms with Crippen LogP contribution in [0, 0.1) is 0 Å². The summed E-state index contributed by atoms with van der Waals surface area (Å²) < 4.78 is 5.26. The molecule has 0 aliphatic heterocycles. The molecular formula is C11H15BrN2O3. The first-order valence-corrected chi connectivity index (χ1v) is 5.83. The molecule has 4 N–H and O–H groups in total. The number of hydrogen-bond donors (Lipinski definition) is 3. The molecule has 0 heterocycles. The van der Waals surface area contributed by atoms with E-state index in [0.717, 1.165) is 0 Å². The van der Waals surface area contributed by atoms with Crippen LogP contribution in [0.4, 0.5) is 11.4 Å². The number of halogens is 1. The van der Waals surface area contributed by atoms with Crippen molar-refractivity contribution in [1.29, 1.82) is 0 Å². The van der Waals surface area contributed by atoms with Gasteiger partial charge in [0, 0.05) is 10.5 Å². The van der Waals surface area contributed by atoms with E-state index in [9.17, 15) is 4.79 Å². The van der Waals surface area contributed by atoms with Gasteiger partial charge in [0.25, 0.3) is 0 Å². The average molecular weight is 303 g/mol. The van der Waals surface area contributed by atoms with Crippen molar-refractivity contribution in [2.75, 3.05) is 24.8 Å². The van der Waals surface area contributed by atoms with Gasteiger partial charge in [-0.2, -0.15) is 0 Å². The third kappa shape index (κ3) is 3.34. The fourth-order valence-electron chi connectivity index (χ4n) is 1.31. The molecule has 5 nitrogen and oxygen atoms in total. The third-order valence-electron chi connectivity index (χ3n) is 2.21. The maximum Gasteiger partial charge on any atom is 0.337 e. The number of carbonyl (C=O) groups is 1. The highest BCUT2D eigenvalue weighted by Gasteiger charge is 2.13. The minimum absolute atomic E-state index is 0.00929. The van der Waals surface area contributed by atoms with Gasteiger partial charge in [0.1, 0.15) is 0 Å². The number of carbonyl (C=O) groups excluding carboxylic acids is 1. The molecule has 0 aliphatic carbocycles. The zero-order chi connectivity index (χ0) is 13.0. The number of nitrogens with one attached hydrogen (secondary N) is 1. The Balaban J connectivity index is 3.06. The molecule has 0 bridgehead atoms. The van der Waals surface area contributed by atoms with Crippen molar-refractivity contribution in [2.24, 2.45) is 0 Å². The topological polar surface area (TPSA) is 84.6 Å². The Hall–Kier alpha value is -1.27. The zero-order valence-corrected chi connectivity index (χ0v) is 11.2. The van der Waals surface area contributed by atoms with E-state index in [2.05, 4.69) is 26.0 Å². The maximum absolute atomic E-state index is 11.3. The lowest BCUT2D eigenvalue weighted by atomic mass is 10.1. The molecule has 1 rings (SSSR count). The highest BCUT2D eigenvalue weighted by molar-refractivity contribution is 9.10. The number of aliphatic hydroxyl groups excluding tert-OH is 1. The average Bonchev–Trinajstić information content (AvgIpc) is 2.32. The number of methoxy groups -OCH3 is 1. The molecule has 0 radical (unpaired) electrons. The second-order valence-corrected chi connectivity index (χ2v) is 4.50. The Bertz CT molecular complexity index is 400. The van der Waals surface area contributed by atoms with Crippen LogP contribution in [0.2, 0.25) is 0 Å². The summed E-state index contributed by atoms with van der Waals surface area (Å²) in [5, 5.41) is 12.0. The molecule has 0 saturated heterocycles. The van der Waals surface area contributed by atoms with Gasteiger partial charge in [-0.25, -0.2) is 4.79 Å². The van der Waals surface area contributed by atoms with Gasteiger partial charge in [-0.05, 0) is 35.0 Å². The van der Waals surface area contributed by atoms with Crippen LogP contribution in [0.1, 0.15) is 17.3 Å². The lowest BCUT2D eigenvalue weighted by Crippen LogP contribution is -2.20. The summed E-state index contributed by atoms with van der Waals surface area (Å²) in [5.74, 6) is -0.445. The van der Waals surface area contributed by atoms with E-state index in [1.165, 1.54) is 13.2 Å². The number of anilines is 2. The lowest BCUT2D eigenvalue weighted by Gasteiger charge is -2.16. The lowest BCUT2D eigenvalue weighted by molar-refractivity contribution is 0.0600. The molecule has 1 aromatic rings. The van der Waals surface area contributed by atoms with Crippen molar-refractivity contribution in [1.82, 2.24) is 0 Å². The van der Waals surface area contributed by atoms with Crippen LogP contribution < -0.4 is 11.1 Å². The van der Waals surface area contributed by atoms with Crippen LogP contribution in [0.5, 0.6) is 0 Å². The van der Waals surface area contributed by atoms with E-state index in [1.54, 1.807) is 6.07 Å². The number of esters is 1. The largest absolute Gasteiger partial charge is 0.465 e. The summed E-state index contributed by atoms with van der Waals surface area (Å²) in [7, 11) is 1.31. The standard InChI is InChI=1S/C11H15BrN2O3/c1-6(5-15)14-10-8(12)3-7(4-9(10)13)11(16)17-2/h3-4,6,14-15H,5,13H2,1-2H3/t6-/m1/s1. The van der Waals surface area contributed by atoms with Crippen LogP contribution in [-0.4, -0.2) is 30.8 Å². The van der Waals surface area contributed by atoms with Crippen molar-refractivity contribution >= 4 is 33.3 Å². The van der Waals surface area contributed by atoms with Crippen LogP contribution >= 0.6 is 15.9 Å². The molecule has 0 fully saturated rings. The Morgan fingerprint density at radius 1 is 1.65 bits per heavy atom. The molecule has 0 aliphatic rings. The number of ether oxygens (including phenoxy) is 1. The van der Waals surface area contributed by atoms with Crippen molar-refractivity contribution in [3.05, 3.63) is 22.2 Å². The van der Waals surface area contributed by atoms with Crippen molar-refractivity contribution in [2.45, 2.75) is 13.0 Å². The van der Waals surface area contributed by atoms with Gasteiger partial charge in [-0.15, -0.1) is 0 Å². The Kier molecular flexibility index (Phi) is 4.77. The van der Waals surface area contributed by atoms with Crippen molar-refractivity contribution in [3.8, 4) is 0 Å². The summed E-state index contributed by atoms with van der Waals surface area (Å²) >= 11 is 3.32. The van der Waals surface area contributed by atoms with Crippen molar-refractivity contribution in [3.63, 3.8) is 0 Å². The first-order chi connectivity index (χ1) is 7.99. The predicted octanol–water partition coefficient (Wildman–Crippen LogP) is 1.61. The SMILES string of the molecule is COC(=O)c1cc(N)c(N[C@H](C)CO)c(Br)c1. The Labute approximate surface area is 108 Å². The molecule has 1 atom stereocenters. The molecule has 0 spiro atoms. The second-order valence-electron chi connectivity index (χ2n) is 3.64. The van der Waals surface area contributed by atoms with E-state index in [0.29, 0.717) is 21.4 Å². The third-order valence-corrected chi connectivity index (χ3v) is 2.83. The van der Waals surface area contributed by atoms with Gasteiger partial charge in [0.05, 0.1) is 30.7 Å². The number of nitrogen functional groups attached to an aromatic ring is 1. The number of rotatable bonds is 4. The minimum Gasteiger partial charge on any atom is -0.465 e. The van der Waals surface area contributed by atoms with E-state index >= 15 is 0 Å². The van der Waals surface area contributed by atoms with Gasteiger partial charge >= 0.3 is 5.97 Å². The first-order valence-electron chi connectivity index (χ1n) is 5.04. The zero-order valence-electron chi connectivity index (χ0n) is 9.66. The molecule has 0 aromatic heterocycles. The second kappa shape index (κ2) is 5.88. The van der Waals surface area contributed by atoms with E-state index in [4.69, 9.17) is 10.8 Å². The molecule has 0 saturated carbocycles. The first kappa shape index (κ1) is 13.8. The maximum atomic E-state index is 11.3. The van der Waals surface area contributed by atoms with Gasteiger partial charge in [-0.1, -0.05) is 0 Å². The normalized spacial score (nSPS) is 12.0. The van der Waals surface area contributed by atoms with E-state index in [-0.39, 0.29) is 12.6 Å². The fourth-order valence-corrected chi connectivity index (χ4v) is 1.90. The molecule has 0 amide bonds. The van der Waals surface area contributed by atoms with Crippen LogP contribution in [0.15, 0.2) is 16.6 Å². The molecule has 1 aromatic carbocycles. The van der Waals surface area contributed by atoms with Crippen LogP contribution in [-0.2, 0) is 4.74 Å². The minimum atomic E-state index is -0.445. The summed E-state index contributed by atoms with van der Waals surface area (Å²) in [6.07, 6.45) is 0. The summed E-state index contributed by atoms with van der Waals surface area (Å²) in [6.45, 7) is 1.81. The number of benzene rings is 1. The Morgan fingerprint density at radius 3 is 2.76 bits per heavy atom. The van der Waals surface area contributed by atoms with Crippen LogP contribution in [0.25, 0.3) is 0 Å². The summed E-state index contributed by atoms with van der Waals surface area (Å²) in [5.41, 5.74) is 7.28. The van der Waals surface area contributed by atoms with Gasteiger partial charge in [-0.3, -0.25) is 0 Å². The van der Waals surface area contributed by atoms with Gasteiger partial charge < -0.3 is 20.9 Å². The van der Waals surface area contributed by atoms with Crippen molar-refractivity contribution < 1.29 is 14.6 Å². The quantitative estimate of drug-likeness (QED) is 0.581.